The smallest absolute Gasteiger partial charge is 0.305 e. The second-order valence-electron chi connectivity index (χ2n) is 6.37. The van der Waals surface area contributed by atoms with Gasteiger partial charge in [0.15, 0.2) is 0 Å². The molecule has 0 heterocycles. The van der Waals surface area contributed by atoms with Gasteiger partial charge in [0.1, 0.15) is 0 Å². The Morgan fingerprint density at radius 3 is 1.74 bits per heavy atom. The van der Waals surface area contributed by atoms with Crippen molar-refractivity contribution in [1.29, 1.82) is 0 Å². The van der Waals surface area contributed by atoms with E-state index in [1.165, 1.54) is 64.9 Å². The van der Waals surface area contributed by atoms with E-state index in [0.29, 0.717) is 19.4 Å². The molecular weight excluding hydrogens is 290 g/mol. The van der Waals surface area contributed by atoms with Crippen LogP contribution in [0.15, 0.2) is 0 Å². The van der Waals surface area contributed by atoms with Crippen molar-refractivity contribution in [1.82, 2.24) is 4.90 Å². The van der Waals surface area contributed by atoms with Crippen LogP contribution in [0.5, 0.6) is 0 Å². The first-order valence-corrected chi connectivity index (χ1v) is 9.44. The highest BCUT2D eigenvalue weighted by molar-refractivity contribution is 5.73. The molecule has 0 atom stereocenters. The number of nitrogens with zero attached hydrogens (tertiary/aromatic N) is 1. The molecule has 1 amide bonds. The fraction of sp³-hybridized carbons (Fsp3) is 0.895. The Labute approximate surface area is 143 Å². The van der Waals surface area contributed by atoms with Crippen molar-refractivity contribution in [3.05, 3.63) is 0 Å². The Kier molecular flexibility index (Phi) is 15.1. The maximum absolute atomic E-state index is 11.6. The first kappa shape index (κ1) is 21.9. The largest absolute Gasteiger partial charge is 0.469 e. The van der Waals surface area contributed by atoms with Crippen molar-refractivity contribution in [2.45, 2.75) is 90.9 Å². The average molecular weight is 328 g/mol. The molecule has 0 aromatic rings. The average Bonchev–Trinajstić information content (AvgIpc) is 2.54. The van der Waals surface area contributed by atoms with Crippen molar-refractivity contribution in [3.63, 3.8) is 0 Å². The maximum Gasteiger partial charge on any atom is 0.305 e. The lowest BCUT2D eigenvalue weighted by Crippen LogP contribution is -2.31. The number of carbonyl (C=O) groups excluding carboxylic acids is 2. The van der Waals surface area contributed by atoms with E-state index >= 15 is 0 Å². The molecule has 0 unspecified atom stereocenters. The number of unbranched alkanes of at least 4 members (excludes halogenated alkanes) is 9. The summed E-state index contributed by atoms with van der Waals surface area (Å²) in [6.07, 6.45) is 14.1. The van der Waals surface area contributed by atoms with E-state index in [1.54, 1.807) is 6.92 Å². The molecule has 0 spiro atoms. The number of methoxy groups -OCH3 is 1. The van der Waals surface area contributed by atoms with Crippen LogP contribution >= 0.6 is 0 Å². The highest BCUT2D eigenvalue weighted by Crippen LogP contribution is 2.11. The van der Waals surface area contributed by atoms with Gasteiger partial charge in [0.05, 0.1) is 7.11 Å². The number of rotatable bonds is 15. The zero-order valence-corrected chi connectivity index (χ0v) is 15.6. The molecule has 0 fully saturated rings. The predicted molar refractivity (Wildman–Crippen MR) is 95.3 cm³/mol. The van der Waals surface area contributed by atoms with Gasteiger partial charge in [-0.05, 0) is 12.8 Å². The van der Waals surface area contributed by atoms with Gasteiger partial charge in [0.25, 0.3) is 0 Å². The topological polar surface area (TPSA) is 46.6 Å². The number of esters is 1. The first-order chi connectivity index (χ1) is 11.1. The van der Waals surface area contributed by atoms with Gasteiger partial charge >= 0.3 is 5.97 Å². The summed E-state index contributed by atoms with van der Waals surface area (Å²) in [6.45, 7) is 5.32. The lowest BCUT2D eigenvalue weighted by atomic mass is 10.1. The summed E-state index contributed by atoms with van der Waals surface area (Å²) >= 11 is 0. The third kappa shape index (κ3) is 14.3. The summed E-state index contributed by atoms with van der Waals surface area (Å²) in [5, 5.41) is 0. The van der Waals surface area contributed by atoms with Gasteiger partial charge < -0.3 is 9.64 Å². The van der Waals surface area contributed by atoms with E-state index in [1.807, 2.05) is 4.90 Å². The van der Waals surface area contributed by atoms with Crippen LogP contribution in [-0.4, -0.2) is 37.0 Å². The van der Waals surface area contributed by atoms with Crippen LogP contribution in [-0.2, 0) is 14.3 Å². The fourth-order valence-electron chi connectivity index (χ4n) is 2.73. The van der Waals surface area contributed by atoms with E-state index < -0.39 is 0 Å². The van der Waals surface area contributed by atoms with E-state index in [0.717, 1.165) is 13.0 Å². The van der Waals surface area contributed by atoms with Crippen LogP contribution in [0.25, 0.3) is 0 Å². The van der Waals surface area contributed by atoms with E-state index in [4.69, 9.17) is 0 Å². The van der Waals surface area contributed by atoms with E-state index in [9.17, 15) is 9.59 Å². The van der Waals surface area contributed by atoms with Gasteiger partial charge in [-0.25, -0.2) is 0 Å². The molecule has 0 aliphatic carbocycles. The molecule has 0 saturated heterocycles. The third-order valence-electron chi connectivity index (χ3n) is 4.26. The standard InChI is InChI=1S/C19H37NO3/c1-4-5-6-7-8-9-10-11-12-13-16-20(18(2)21)17-14-15-19(22)23-3/h4-17H2,1-3H3. The van der Waals surface area contributed by atoms with Crippen molar-refractivity contribution in [2.75, 3.05) is 20.2 Å². The highest BCUT2D eigenvalue weighted by atomic mass is 16.5. The molecular formula is C19H37NO3. The second kappa shape index (κ2) is 15.8. The molecule has 0 aliphatic heterocycles. The summed E-state index contributed by atoms with van der Waals surface area (Å²) in [6, 6.07) is 0. The molecule has 0 rings (SSSR count). The van der Waals surface area contributed by atoms with Gasteiger partial charge in [0, 0.05) is 26.4 Å². The maximum atomic E-state index is 11.6. The lowest BCUT2D eigenvalue weighted by molar-refractivity contribution is -0.141. The number of ether oxygens (including phenoxy) is 1. The van der Waals surface area contributed by atoms with Crippen LogP contribution in [0.3, 0.4) is 0 Å². The molecule has 4 nitrogen and oxygen atoms in total. The van der Waals surface area contributed by atoms with E-state index in [-0.39, 0.29) is 11.9 Å². The molecule has 0 bridgehead atoms. The minimum atomic E-state index is -0.201. The minimum absolute atomic E-state index is 0.103. The minimum Gasteiger partial charge on any atom is -0.469 e. The Hall–Kier alpha value is -1.06. The van der Waals surface area contributed by atoms with Crippen LogP contribution in [0.4, 0.5) is 0 Å². The lowest BCUT2D eigenvalue weighted by Gasteiger charge is -2.20. The molecule has 136 valence electrons. The van der Waals surface area contributed by atoms with Crippen LogP contribution in [0, 0.1) is 0 Å². The number of carbonyl (C=O) groups is 2. The summed E-state index contributed by atoms with van der Waals surface area (Å²) in [5.41, 5.74) is 0. The van der Waals surface area contributed by atoms with Gasteiger partial charge in [0.2, 0.25) is 5.91 Å². The monoisotopic (exact) mass is 327 g/mol. The van der Waals surface area contributed by atoms with Crippen molar-refractivity contribution in [3.8, 4) is 0 Å². The summed E-state index contributed by atoms with van der Waals surface area (Å²) in [4.78, 5) is 24.5. The normalized spacial score (nSPS) is 10.6. The number of amides is 1. The van der Waals surface area contributed by atoms with Crippen LogP contribution in [0.1, 0.15) is 90.9 Å². The van der Waals surface area contributed by atoms with Crippen molar-refractivity contribution in [2.24, 2.45) is 0 Å². The molecule has 0 aromatic heterocycles. The third-order valence-corrected chi connectivity index (χ3v) is 4.26. The molecule has 0 radical (unpaired) electrons. The number of hydrogen-bond donors (Lipinski definition) is 0. The molecule has 0 aromatic carbocycles. The Bertz CT molecular complexity index is 305. The van der Waals surface area contributed by atoms with E-state index in [2.05, 4.69) is 11.7 Å². The number of hydrogen-bond acceptors (Lipinski definition) is 3. The summed E-state index contributed by atoms with van der Waals surface area (Å²) < 4.78 is 4.62. The zero-order valence-electron chi connectivity index (χ0n) is 15.6. The summed E-state index contributed by atoms with van der Waals surface area (Å²) in [7, 11) is 1.40. The quantitative estimate of drug-likeness (QED) is 0.323. The highest BCUT2D eigenvalue weighted by Gasteiger charge is 2.09. The van der Waals surface area contributed by atoms with Crippen molar-refractivity contribution >= 4 is 11.9 Å². The van der Waals surface area contributed by atoms with Gasteiger partial charge in [-0.2, -0.15) is 0 Å². The zero-order chi connectivity index (χ0) is 17.3. The van der Waals surface area contributed by atoms with Gasteiger partial charge in [-0.15, -0.1) is 0 Å². The molecule has 0 saturated carbocycles. The molecule has 0 N–H and O–H groups in total. The Balaban J connectivity index is 3.54. The van der Waals surface area contributed by atoms with Crippen molar-refractivity contribution < 1.29 is 14.3 Å². The van der Waals surface area contributed by atoms with Gasteiger partial charge in [-0.3, -0.25) is 9.59 Å². The Morgan fingerprint density at radius 2 is 1.26 bits per heavy atom. The molecule has 4 heteroatoms. The SMILES string of the molecule is CCCCCCCCCCCCN(CCCC(=O)OC)C(C)=O. The van der Waals surface area contributed by atoms with Gasteiger partial charge in [-0.1, -0.05) is 64.7 Å². The second-order valence-corrected chi connectivity index (χ2v) is 6.37. The van der Waals surface area contributed by atoms with Crippen LogP contribution in [0.2, 0.25) is 0 Å². The predicted octanol–water partition coefficient (Wildman–Crippen LogP) is 4.71. The fourth-order valence-corrected chi connectivity index (χ4v) is 2.73. The summed E-state index contributed by atoms with van der Waals surface area (Å²) in [5.74, 6) is -0.0989. The Morgan fingerprint density at radius 1 is 0.783 bits per heavy atom. The molecule has 23 heavy (non-hydrogen) atoms. The molecule has 0 aliphatic rings. The van der Waals surface area contributed by atoms with Crippen LogP contribution < -0.4 is 0 Å². The first-order valence-electron chi connectivity index (χ1n) is 9.44.